The van der Waals surface area contributed by atoms with Crippen LogP contribution in [0.1, 0.15) is 57.4 Å². The van der Waals surface area contributed by atoms with E-state index in [-0.39, 0.29) is 37.1 Å². The number of rotatable bonds is 11. The van der Waals surface area contributed by atoms with E-state index in [2.05, 4.69) is 10.6 Å². The summed E-state index contributed by atoms with van der Waals surface area (Å²) in [5, 5.41) is 13.9. The van der Waals surface area contributed by atoms with Gasteiger partial charge in [0.15, 0.2) is 0 Å². The molecule has 1 unspecified atom stereocenters. The lowest BCUT2D eigenvalue weighted by Gasteiger charge is -2.39. The van der Waals surface area contributed by atoms with E-state index in [0.29, 0.717) is 12.0 Å². The fraction of sp³-hybridized carbons (Fsp3) is 0.607. The van der Waals surface area contributed by atoms with Gasteiger partial charge >= 0.3 is 5.97 Å². The number of nitrogens with two attached hydrogens (primary N) is 1. The summed E-state index contributed by atoms with van der Waals surface area (Å²) < 4.78 is 27.3. The molecule has 230 valence electrons. The first-order valence-electron chi connectivity index (χ1n) is 14.3. The van der Waals surface area contributed by atoms with Crippen molar-refractivity contribution in [1.82, 2.24) is 19.8 Å². The largest absolute Gasteiger partial charge is 0.480 e. The van der Waals surface area contributed by atoms with Gasteiger partial charge in [-0.2, -0.15) is 4.31 Å². The standard InChI is InChI=1S/C28H39N5O8S/c1-17(28(38)39)30-27(37)25(35)22(13-18-7-9-20(29)10-8-18)31-26(36)23-12-11-21-14-32(15-24(34)33(21)23)42(40,41)16-19-5-3-2-4-6-19/h2-6,17-18,20-23H,7-16,29H2,1H3,(H,30,37)(H,31,36)(H,38,39)/t17-,18?,20?,21-,22?,23-/m0/s1. The van der Waals surface area contributed by atoms with Gasteiger partial charge in [0, 0.05) is 18.6 Å². The second kappa shape index (κ2) is 13.3. The molecular formula is C28H39N5O8S. The van der Waals surface area contributed by atoms with Crippen LogP contribution < -0.4 is 16.4 Å². The molecule has 4 atom stereocenters. The zero-order valence-corrected chi connectivity index (χ0v) is 24.4. The minimum absolute atomic E-state index is 0.0278. The van der Waals surface area contributed by atoms with Gasteiger partial charge in [-0.25, -0.2) is 8.42 Å². The molecule has 0 bridgehead atoms. The predicted octanol–water partition coefficient (Wildman–Crippen LogP) is -0.258. The third kappa shape index (κ3) is 7.53. The average molecular weight is 606 g/mol. The number of fused-ring (bicyclic) bond motifs is 1. The number of hydrogen-bond donors (Lipinski definition) is 4. The molecule has 1 aromatic carbocycles. The van der Waals surface area contributed by atoms with Gasteiger partial charge in [0.05, 0.1) is 18.3 Å². The van der Waals surface area contributed by atoms with Gasteiger partial charge in [0.25, 0.3) is 5.91 Å². The van der Waals surface area contributed by atoms with Crippen LogP contribution in [-0.2, 0) is 39.7 Å². The summed E-state index contributed by atoms with van der Waals surface area (Å²) in [7, 11) is -3.78. The highest BCUT2D eigenvalue weighted by Gasteiger charge is 2.47. The normalized spacial score (nSPS) is 26.1. The van der Waals surface area contributed by atoms with Crippen LogP contribution in [0.4, 0.5) is 0 Å². The van der Waals surface area contributed by atoms with E-state index >= 15 is 0 Å². The molecule has 0 aromatic heterocycles. The summed E-state index contributed by atoms with van der Waals surface area (Å²) >= 11 is 0. The lowest BCUT2D eigenvalue weighted by Crippen LogP contribution is -2.61. The summed E-state index contributed by atoms with van der Waals surface area (Å²) in [6, 6.07) is 4.81. The molecule has 3 fully saturated rings. The molecular weight excluding hydrogens is 566 g/mol. The second-order valence-corrected chi connectivity index (χ2v) is 13.5. The summed E-state index contributed by atoms with van der Waals surface area (Å²) in [6.07, 6.45) is 3.79. The molecule has 2 saturated heterocycles. The molecule has 4 rings (SSSR count). The van der Waals surface area contributed by atoms with Gasteiger partial charge < -0.3 is 26.4 Å². The molecule has 3 amide bonds. The number of hydrogen-bond acceptors (Lipinski definition) is 8. The lowest BCUT2D eigenvalue weighted by molar-refractivity contribution is -0.146. The molecule has 14 heteroatoms. The monoisotopic (exact) mass is 605 g/mol. The number of nitrogens with zero attached hydrogens (tertiary/aromatic N) is 2. The Morgan fingerprint density at radius 2 is 1.69 bits per heavy atom. The van der Waals surface area contributed by atoms with E-state index in [0.717, 1.165) is 30.0 Å². The average Bonchev–Trinajstić information content (AvgIpc) is 3.38. The molecule has 1 aliphatic carbocycles. The van der Waals surface area contributed by atoms with E-state index < -0.39 is 70.2 Å². The van der Waals surface area contributed by atoms with Crippen molar-refractivity contribution < 1.29 is 37.5 Å². The Hall–Kier alpha value is -3.36. The first-order chi connectivity index (χ1) is 19.9. The van der Waals surface area contributed by atoms with Crippen molar-refractivity contribution in [2.75, 3.05) is 13.1 Å². The number of piperazine rings is 1. The zero-order chi connectivity index (χ0) is 30.6. The van der Waals surface area contributed by atoms with Crippen molar-refractivity contribution >= 4 is 39.5 Å². The minimum Gasteiger partial charge on any atom is -0.480 e. The van der Waals surface area contributed by atoms with Crippen LogP contribution in [0, 0.1) is 5.92 Å². The van der Waals surface area contributed by atoms with Gasteiger partial charge in [0.2, 0.25) is 27.6 Å². The van der Waals surface area contributed by atoms with Crippen molar-refractivity contribution in [1.29, 1.82) is 0 Å². The molecule has 42 heavy (non-hydrogen) atoms. The third-order valence-corrected chi connectivity index (χ3v) is 10.2. The number of ketones is 1. The van der Waals surface area contributed by atoms with E-state index in [1.165, 1.54) is 11.8 Å². The van der Waals surface area contributed by atoms with Crippen LogP contribution in [0.25, 0.3) is 0 Å². The molecule has 2 heterocycles. The van der Waals surface area contributed by atoms with E-state index in [1.54, 1.807) is 30.3 Å². The van der Waals surface area contributed by atoms with Gasteiger partial charge in [-0.05, 0) is 63.4 Å². The van der Waals surface area contributed by atoms with Crippen molar-refractivity contribution in [3.05, 3.63) is 35.9 Å². The number of carboxylic acids is 1. The van der Waals surface area contributed by atoms with Crippen molar-refractivity contribution in [2.24, 2.45) is 11.7 Å². The summed E-state index contributed by atoms with van der Waals surface area (Å²) in [5.41, 5.74) is 6.60. The number of sulfonamides is 1. The van der Waals surface area contributed by atoms with Crippen molar-refractivity contribution in [2.45, 2.75) is 87.8 Å². The van der Waals surface area contributed by atoms with E-state index in [1.807, 2.05) is 0 Å². The molecule has 1 aromatic rings. The van der Waals surface area contributed by atoms with Crippen LogP contribution in [0.3, 0.4) is 0 Å². The number of carbonyl (C=O) groups is 5. The van der Waals surface area contributed by atoms with Gasteiger partial charge in [-0.1, -0.05) is 30.3 Å². The Bertz CT molecular complexity index is 1300. The highest BCUT2D eigenvalue weighted by atomic mass is 32.2. The fourth-order valence-electron chi connectivity index (χ4n) is 6.06. The highest BCUT2D eigenvalue weighted by Crippen LogP contribution is 2.31. The topological polar surface area (TPSA) is 196 Å². The highest BCUT2D eigenvalue weighted by molar-refractivity contribution is 7.88. The molecule has 1 saturated carbocycles. The number of benzene rings is 1. The Kier molecular flexibility index (Phi) is 10.00. The molecule has 0 radical (unpaired) electrons. The van der Waals surface area contributed by atoms with Crippen molar-refractivity contribution in [3.8, 4) is 0 Å². The van der Waals surface area contributed by atoms with E-state index in [4.69, 9.17) is 10.8 Å². The second-order valence-electron chi connectivity index (χ2n) is 11.6. The van der Waals surface area contributed by atoms with E-state index in [9.17, 15) is 32.4 Å². The number of amides is 3. The number of Topliss-reactive ketones (excluding diaryl/α,β-unsaturated/α-hetero) is 1. The summed E-state index contributed by atoms with van der Waals surface area (Å²) in [5.74, 6) is -4.69. The first-order valence-corrected chi connectivity index (χ1v) is 15.9. The Labute approximate surface area is 245 Å². The van der Waals surface area contributed by atoms with Crippen LogP contribution in [0.2, 0.25) is 0 Å². The zero-order valence-electron chi connectivity index (χ0n) is 23.6. The Morgan fingerprint density at radius 3 is 2.33 bits per heavy atom. The van der Waals surface area contributed by atoms with Crippen molar-refractivity contribution in [3.63, 3.8) is 0 Å². The maximum absolute atomic E-state index is 13.5. The maximum Gasteiger partial charge on any atom is 0.325 e. The fourth-order valence-corrected chi connectivity index (χ4v) is 7.56. The number of nitrogens with one attached hydrogen (secondary N) is 2. The molecule has 2 aliphatic heterocycles. The molecule has 0 spiro atoms. The Balaban J connectivity index is 1.44. The van der Waals surface area contributed by atoms with Crippen LogP contribution in [0.5, 0.6) is 0 Å². The maximum atomic E-state index is 13.5. The quantitative estimate of drug-likeness (QED) is 0.246. The van der Waals surface area contributed by atoms with Crippen LogP contribution in [0.15, 0.2) is 30.3 Å². The SMILES string of the molecule is C[C@H](NC(=O)C(=O)C(CC1CCC(N)CC1)NC(=O)[C@@H]1CC[C@H]2CN(S(=O)(=O)Cc3ccccc3)CC(=O)N21)C(=O)O. The molecule has 3 aliphatic rings. The molecule has 5 N–H and O–H groups in total. The van der Waals surface area contributed by atoms with Gasteiger partial charge in [-0.15, -0.1) is 0 Å². The van der Waals surface area contributed by atoms with Gasteiger partial charge in [0.1, 0.15) is 12.1 Å². The molecule has 13 nitrogen and oxygen atoms in total. The Morgan fingerprint density at radius 1 is 1.02 bits per heavy atom. The first kappa shape index (κ1) is 31.6. The summed E-state index contributed by atoms with van der Waals surface area (Å²) in [6.45, 7) is 0.897. The number of carboxylic acid groups (broad SMARTS) is 1. The minimum atomic E-state index is -3.78. The number of carbonyl (C=O) groups excluding carboxylic acids is 4. The third-order valence-electron chi connectivity index (χ3n) is 8.44. The number of aliphatic carboxylic acids is 1. The smallest absolute Gasteiger partial charge is 0.325 e. The van der Waals surface area contributed by atoms with Gasteiger partial charge in [-0.3, -0.25) is 24.0 Å². The van der Waals surface area contributed by atoms with Crippen LogP contribution in [-0.4, -0.2) is 95.5 Å². The summed E-state index contributed by atoms with van der Waals surface area (Å²) in [4.78, 5) is 65.0. The van der Waals surface area contributed by atoms with Crippen LogP contribution >= 0.6 is 0 Å². The lowest BCUT2D eigenvalue weighted by atomic mass is 9.82. The predicted molar refractivity (Wildman–Crippen MR) is 151 cm³/mol.